The van der Waals surface area contributed by atoms with Gasteiger partial charge in [0.1, 0.15) is 5.78 Å². The van der Waals surface area contributed by atoms with Gasteiger partial charge in [-0.2, -0.15) is 5.10 Å². The third-order valence-electron chi connectivity index (χ3n) is 3.09. The van der Waals surface area contributed by atoms with Crippen molar-refractivity contribution in [1.82, 2.24) is 9.78 Å². The molecule has 1 fully saturated rings. The normalized spacial score (nSPS) is 17.7. The van der Waals surface area contributed by atoms with Crippen LogP contribution in [-0.4, -0.2) is 15.6 Å². The van der Waals surface area contributed by atoms with E-state index in [1.807, 2.05) is 16.9 Å². The summed E-state index contributed by atoms with van der Waals surface area (Å²) in [5.74, 6) is 0.711. The molecule has 15 heavy (non-hydrogen) atoms. The lowest BCUT2D eigenvalue weighted by atomic mass is 10.1. The fourth-order valence-corrected chi connectivity index (χ4v) is 1.63. The molecule has 1 aliphatic rings. The van der Waals surface area contributed by atoms with Crippen LogP contribution in [0.5, 0.6) is 0 Å². The molecule has 0 aromatic carbocycles. The minimum absolute atomic E-state index is 0.346. The summed E-state index contributed by atoms with van der Waals surface area (Å²) in [4.78, 5) is 11.6. The third kappa shape index (κ3) is 2.46. The molecule has 0 N–H and O–H groups in total. The lowest BCUT2D eigenvalue weighted by Gasteiger charge is -2.07. The molecular weight excluding hydrogens is 188 g/mol. The Morgan fingerprint density at radius 1 is 1.67 bits per heavy atom. The van der Waals surface area contributed by atoms with Gasteiger partial charge in [0.2, 0.25) is 0 Å². The number of nitrogens with zero attached hydrogens (tertiary/aromatic N) is 2. The number of rotatable bonds is 5. The number of carbonyl (C=O) groups excluding carboxylic acids is 1. The summed E-state index contributed by atoms with van der Waals surface area (Å²) in [6.45, 7) is 4.28. The van der Waals surface area contributed by atoms with Crippen LogP contribution >= 0.6 is 0 Å². The zero-order chi connectivity index (χ0) is 10.8. The fourth-order valence-electron chi connectivity index (χ4n) is 1.63. The summed E-state index contributed by atoms with van der Waals surface area (Å²) in [7, 11) is 0. The van der Waals surface area contributed by atoms with Gasteiger partial charge in [-0.15, -0.1) is 0 Å². The molecule has 1 aromatic heterocycles. The van der Waals surface area contributed by atoms with Gasteiger partial charge in [0.15, 0.2) is 0 Å². The van der Waals surface area contributed by atoms with Crippen LogP contribution in [0, 0.1) is 5.92 Å². The first-order valence-corrected chi connectivity index (χ1v) is 5.77. The number of carbonyl (C=O) groups is 1. The summed E-state index contributed by atoms with van der Waals surface area (Å²) in [6, 6.07) is 2.39. The van der Waals surface area contributed by atoms with E-state index < -0.39 is 0 Å². The van der Waals surface area contributed by atoms with E-state index in [-0.39, 0.29) is 0 Å². The number of ketones is 1. The van der Waals surface area contributed by atoms with E-state index in [1.54, 1.807) is 0 Å². The minimum atomic E-state index is 0.346. The zero-order valence-electron chi connectivity index (χ0n) is 9.44. The molecule has 0 saturated heterocycles. The Morgan fingerprint density at radius 2 is 2.40 bits per heavy atom. The van der Waals surface area contributed by atoms with E-state index in [0.29, 0.717) is 24.2 Å². The van der Waals surface area contributed by atoms with Gasteiger partial charge in [-0.3, -0.25) is 9.48 Å². The van der Waals surface area contributed by atoms with Gasteiger partial charge in [0, 0.05) is 18.2 Å². The van der Waals surface area contributed by atoms with Crippen LogP contribution in [0.3, 0.4) is 0 Å². The molecule has 1 aromatic rings. The van der Waals surface area contributed by atoms with Crippen molar-refractivity contribution in [1.29, 1.82) is 0 Å². The average molecular weight is 206 g/mol. The second-order valence-corrected chi connectivity index (χ2v) is 4.46. The van der Waals surface area contributed by atoms with E-state index >= 15 is 0 Å². The van der Waals surface area contributed by atoms with Crippen LogP contribution < -0.4 is 0 Å². The fraction of sp³-hybridized carbons (Fsp3) is 0.667. The van der Waals surface area contributed by atoms with E-state index in [4.69, 9.17) is 0 Å². The average Bonchev–Trinajstić information content (AvgIpc) is 2.99. The molecule has 1 atom stereocenters. The van der Waals surface area contributed by atoms with Crippen LogP contribution in [-0.2, 0) is 11.2 Å². The Bertz CT molecular complexity index is 352. The maximum absolute atomic E-state index is 11.6. The quantitative estimate of drug-likeness (QED) is 0.741. The van der Waals surface area contributed by atoms with Gasteiger partial charge in [-0.05, 0) is 32.3 Å². The van der Waals surface area contributed by atoms with Gasteiger partial charge >= 0.3 is 0 Å². The molecule has 3 heteroatoms. The smallest absolute Gasteiger partial charge is 0.141 e. The topological polar surface area (TPSA) is 34.9 Å². The number of aromatic nitrogens is 2. The van der Waals surface area contributed by atoms with Gasteiger partial charge in [-0.25, -0.2) is 0 Å². The van der Waals surface area contributed by atoms with E-state index in [9.17, 15) is 4.79 Å². The SMILES string of the molecule is CCC(C)n1ccc(CC(=O)C2CC2)n1. The molecule has 82 valence electrons. The highest BCUT2D eigenvalue weighted by Crippen LogP contribution is 2.30. The highest BCUT2D eigenvalue weighted by molar-refractivity contribution is 5.84. The number of hydrogen-bond acceptors (Lipinski definition) is 2. The van der Waals surface area contributed by atoms with Crippen LogP contribution in [0.4, 0.5) is 0 Å². The summed E-state index contributed by atoms with van der Waals surface area (Å²) in [5, 5.41) is 4.43. The van der Waals surface area contributed by atoms with Gasteiger partial charge in [0.25, 0.3) is 0 Å². The Morgan fingerprint density at radius 3 is 3.00 bits per heavy atom. The monoisotopic (exact) mass is 206 g/mol. The molecule has 3 nitrogen and oxygen atoms in total. The lowest BCUT2D eigenvalue weighted by Crippen LogP contribution is -2.08. The first-order valence-electron chi connectivity index (χ1n) is 5.77. The van der Waals surface area contributed by atoms with Crippen molar-refractivity contribution in [3.63, 3.8) is 0 Å². The van der Waals surface area contributed by atoms with Crippen molar-refractivity contribution >= 4 is 5.78 Å². The second-order valence-electron chi connectivity index (χ2n) is 4.46. The highest BCUT2D eigenvalue weighted by atomic mass is 16.1. The third-order valence-corrected chi connectivity index (χ3v) is 3.09. The molecule has 0 radical (unpaired) electrons. The largest absolute Gasteiger partial charge is 0.299 e. The maximum Gasteiger partial charge on any atom is 0.141 e. The molecule has 1 aliphatic carbocycles. The summed E-state index contributed by atoms with van der Waals surface area (Å²) >= 11 is 0. The Hall–Kier alpha value is -1.12. The van der Waals surface area contributed by atoms with Gasteiger partial charge < -0.3 is 0 Å². The van der Waals surface area contributed by atoms with Gasteiger partial charge in [0.05, 0.1) is 12.1 Å². The first-order chi connectivity index (χ1) is 7.20. The Labute approximate surface area is 90.5 Å². The van der Waals surface area contributed by atoms with Crippen LogP contribution in [0.2, 0.25) is 0 Å². The highest BCUT2D eigenvalue weighted by Gasteiger charge is 2.29. The van der Waals surface area contributed by atoms with Crippen molar-refractivity contribution in [2.45, 2.75) is 45.6 Å². The molecule has 0 amide bonds. The molecule has 1 unspecified atom stereocenters. The second kappa shape index (κ2) is 4.17. The molecule has 1 heterocycles. The summed E-state index contributed by atoms with van der Waals surface area (Å²) in [6.07, 6.45) is 5.74. The Kier molecular flexibility index (Phi) is 2.89. The van der Waals surface area contributed by atoms with Crippen LogP contribution in [0.1, 0.15) is 44.8 Å². The molecule has 0 aliphatic heterocycles. The molecular formula is C12H18N2O. The molecule has 0 bridgehead atoms. The van der Waals surface area contributed by atoms with Gasteiger partial charge in [-0.1, -0.05) is 6.92 Å². The molecule has 1 saturated carbocycles. The first kappa shape index (κ1) is 10.4. The standard InChI is InChI=1S/C12H18N2O/c1-3-9(2)14-7-6-11(13-14)8-12(15)10-4-5-10/h6-7,9-10H,3-5,8H2,1-2H3. The number of Topliss-reactive ketones (excluding diaryl/α,β-unsaturated/α-hetero) is 1. The summed E-state index contributed by atoms with van der Waals surface area (Å²) in [5.41, 5.74) is 0.923. The Balaban J connectivity index is 1.97. The van der Waals surface area contributed by atoms with E-state index in [0.717, 1.165) is 25.0 Å². The van der Waals surface area contributed by atoms with E-state index in [2.05, 4.69) is 18.9 Å². The summed E-state index contributed by atoms with van der Waals surface area (Å²) < 4.78 is 1.95. The van der Waals surface area contributed by atoms with Crippen molar-refractivity contribution < 1.29 is 4.79 Å². The zero-order valence-corrected chi connectivity index (χ0v) is 9.44. The molecule has 0 spiro atoms. The molecule has 2 rings (SSSR count). The van der Waals surface area contributed by atoms with Crippen LogP contribution in [0.25, 0.3) is 0 Å². The van der Waals surface area contributed by atoms with Crippen molar-refractivity contribution in [2.75, 3.05) is 0 Å². The lowest BCUT2D eigenvalue weighted by molar-refractivity contribution is -0.119. The van der Waals surface area contributed by atoms with Crippen molar-refractivity contribution in [3.8, 4) is 0 Å². The van der Waals surface area contributed by atoms with Crippen molar-refractivity contribution in [2.24, 2.45) is 5.92 Å². The van der Waals surface area contributed by atoms with E-state index in [1.165, 1.54) is 0 Å². The maximum atomic E-state index is 11.6. The minimum Gasteiger partial charge on any atom is -0.299 e. The predicted octanol–water partition coefficient (Wildman–Crippen LogP) is 2.38. The number of hydrogen-bond donors (Lipinski definition) is 0. The van der Waals surface area contributed by atoms with Crippen molar-refractivity contribution in [3.05, 3.63) is 18.0 Å². The van der Waals surface area contributed by atoms with Crippen LogP contribution in [0.15, 0.2) is 12.3 Å². The predicted molar refractivity (Wildman–Crippen MR) is 58.7 cm³/mol.